The quantitative estimate of drug-likeness (QED) is 0.209. The first-order valence-electron chi connectivity index (χ1n) is 12.2. The van der Waals surface area contributed by atoms with Crippen LogP contribution in [0.5, 0.6) is 11.5 Å². The molecule has 0 bridgehead atoms. The number of rotatable bonds is 7. The molecule has 208 valence electrons. The molecule has 0 aliphatic carbocycles. The molecule has 40 heavy (non-hydrogen) atoms. The Bertz CT molecular complexity index is 1700. The van der Waals surface area contributed by atoms with Gasteiger partial charge in [0.2, 0.25) is 0 Å². The smallest absolute Gasteiger partial charge is 0.282 e. The maximum absolute atomic E-state index is 13.5. The number of nitrogens with one attached hydrogen (secondary N) is 1. The molecule has 0 unspecified atom stereocenters. The molecule has 0 saturated carbocycles. The van der Waals surface area contributed by atoms with E-state index in [1.165, 1.54) is 18.0 Å². The van der Waals surface area contributed by atoms with Crippen molar-refractivity contribution in [3.05, 3.63) is 89.8 Å². The number of anilines is 1. The third-order valence-corrected chi connectivity index (χ3v) is 7.87. The molecule has 1 heterocycles. The Labute approximate surface area is 253 Å². The van der Waals surface area contributed by atoms with Crippen LogP contribution in [-0.2, 0) is 10.2 Å². The van der Waals surface area contributed by atoms with Crippen LogP contribution >= 0.6 is 43.5 Å². The van der Waals surface area contributed by atoms with Gasteiger partial charge in [0, 0.05) is 25.6 Å². The highest BCUT2D eigenvalue weighted by molar-refractivity contribution is 9.10. The summed E-state index contributed by atoms with van der Waals surface area (Å²) in [7, 11) is 1.47. The van der Waals surface area contributed by atoms with E-state index in [0.29, 0.717) is 38.2 Å². The SMILES string of the molecule is COc1cc(C=Nn2c(C(C)(C)C)nc3ccc(Br)cc3c2=O)c(Br)c(Cl)c1OCC(=O)Nc1ccccc1C. The number of aryl methyl sites for hydroxylation is 1. The van der Waals surface area contributed by atoms with E-state index in [2.05, 4.69) is 42.3 Å². The van der Waals surface area contributed by atoms with E-state index in [-0.39, 0.29) is 28.8 Å². The molecule has 11 heteroatoms. The first kappa shape index (κ1) is 29.8. The minimum absolute atomic E-state index is 0.188. The fraction of sp³-hybridized carbons (Fsp3) is 0.241. The summed E-state index contributed by atoms with van der Waals surface area (Å²) < 4.78 is 13.8. The van der Waals surface area contributed by atoms with Crippen molar-refractivity contribution < 1.29 is 14.3 Å². The van der Waals surface area contributed by atoms with Gasteiger partial charge in [0.1, 0.15) is 10.8 Å². The zero-order valence-electron chi connectivity index (χ0n) is 22.5. The Kier molecular flexibility index (Phi) is 9.02. The lowest BCUT2D eigenvalue weighted by Crippen LogP contribution is -2.29. The normalized spacial score (nSPS) is 11.7. The number of aromatic nitrogens is 2. The summed E-state index contributed by atoms with van der Waals surface area (Å²) in [6.07, 6.45) is 1.50. The summed E-state index contributed by atoms with van der Waals surface area (Å²) in [5.41, 5.74) is 1.97. The Morgan fingerprint density at radius 1 is 1.18 bits per heavy atom. The lowest BCUT2D eigenvalue weighted by atomic mass is 9.95. The number of para-hydroxylation sites is 1. The summed E-state index contributed by atoms with van der Waals surface area (Å²) in [5, 5.41) is 7.95. The second-order valence-electron chi connectivity index (χ2n) is 9.99. The molecular formula is C29H27Br2ClN4O4. The number of hydrogen-bond acceptors (Lipinski definition) is 6. The summed E-state index contributed by atoms with van der Waals surface area (Å²) in [6.45, 7) is 7.50. The largest absolute Gasteiger partial charge is 0.493 e. The van der Waals surface area contributed by atoms with Crippen LogP contribution in [-0.4, -0.2) is 35.5 Å². The van der Waals surface area contributed by atoms with Crippen LogP contribution < -0.4 is 20.3 Å². The van der Waals surface area contributed by atoms with Crippen LogP contribution in [0.15, 0.2) is 67.4 Å². The first-order valence-corrected chi connectivity index (χ1v) is 14.2. The minimum atomic E-state index is -0.471. The molecule has 0 spiro atoms. The molecule has 1 amide bonds. The van der Waals surface area contributed by atoms with E-state index < -0.39 is 5.41 Å². The molecule has 0 fully saturated rings. The molecule has 8 nitrogen and oxygen atoms in total. The summed E-state index contributed by atoms with van der Waals surface area (Å²) in [6, 6.07) is 14.5. The van der Waals surface area contributed by atoms with Gasteiger partial charge in [-0.15, -0.1) is 0 Å². The average Bonchev–Trinajstić information content (AvgIpc) is 2.90. The van der Waals surface area contributed by atoms with Crippen LogP contribution in [0.1, 0.15) is 37.7 Å². The molecule has 1 aromatic heterocycles. The standard InChI is InChI=1S/C29H27Br2ClN4O4/c1-16-8-6-7-9-20(16)34-23(37)15-40-26-22(39-5)12-17(24(31)25(26)32)14-33-36-27(38)19-13-18(30)10-11-21(19)35-28(36)29(2,3)4/h6-14H,15H2,1-5H3,(H,34,37). The molecule has 3 aromatic carbocycles. The van der Waals surface area contributed by atoms with Gasteiger partial charge in [0.05, 0.1) is 24.2 Å². The van der Waals surface area contributed by atoms with E-state index >= 15 is 0 Å². The number of methoxy groups -OCH3 is 1. The van der Waals surface area contributed by atoms with Crippen LogP contribution in [0.2, 0.25) is 5.02 Å². The lowest BCUT2D eigenvalue weighted by Gasteiger charge is -2.21. The average molecular weight is 691 g/mol. The van der Waals surface area contributed by atoms with Crippen molar-refractivity contribution in [1.82, 2.24) is 9.66 Å². The van der Waals surface area contributed by atoms with Gasteiger partial charge in [-0.05, 0) is 58.7 Å². The van der Waals surface area contributed by atoms with Gasteiger partial charge >= 0.3 is 0 Å². The Balaban J connectivity index is 1.67. The van der Waals surface area contributed by atoms with Gasteiger partial charge < -0.3 is 14.8 Å². The van der Waals surface area contributed by atoms with E-state index in [9.17, 15) is 9.59 Å². The van der Waals surface area contributed by atoms with Crippen LogP contribution in [0.4, 0.5) is 5.69 Å². The lowest BCUT2D eigenvalue weighted by molar-refractivity contribution is -0.118. The fourth-order valence-corrected chi connectivity index (χ4v) is 4.90. The number of hydrogen-bond donors (Lipinski definition) is 1. The molecule has 0 atom stereocenters. The number of carbonyl (C=O) groups is 1. The third-order valence-electron chi connectivity index (χ3n) is 5.93. The Hall–Kier alpha value is -3.21. The van der Waals surface area contributed by atoms with E-state index in [0.717, 1.165) is 10.0 Å². The Morgan fingerprint density at radius 3 is 2.58 bits per heavy atom. The van der Waals surface area contributed by atoms with Crippen molar-refractivity contribution >= 4 is 72.2 Å². The second-order valence-corrected chi connectivity index (χ2v) is 12.1. The monoisotopic (exact) mass is 688 g/mol. The molecule has 0 saturated heterocycles. The molecular weight excluding hydrogens is 664 g/mol. The fourth-order valence-electron chi connectivity index (χ4n) is 3.88. The maximum Gasteiger partial charge on any atom is 0.282 e. The van der Waals surface area contributed by atoms with Crippen molar-refractivity contribution in [3.8, 4) is 11.5 Å². The van der Waals surface area contributed by atoms with Crippen molar-refractivity contribution in [2.45, 2.75) is 33.1 Å². The van der Waals surface area contributed by atoms with E-state index in [1.54, 1.807) is 18.2 Å². The predicted molar refractivity (Wildman–Crippen MR) is 166 cm³/mol. The van der Waals surface area contributed by atoms with Crippen molar-refractivity contribution in [1.29, 1.82) is 0 Å². The van der Waals surface area contributed by atoms with Gasteiger partial charge in [0.25, 0.3) is 11.5 Å². The summed E-state index contributed by atoms with van der Waals surface area (Å²) >= 11 is 13.5. The first-order chi connectivity index (χ1) is 18.9. The summed E-state index contributed by atoms with van der Waals surface area (Å²) in [4.78, 5) is 30.7. The highest BCUT2D eigenvalue weighted by Gasteiger charge is 2.23. The topological polar surface area (TPSA) is 94.8 Å². The van der Waals surface area contributed by atoms with Gasteiger partial charge in [-0.3, -0.25) is 9.59 Å². The van der Waals surface area contributed by atoms with Crippen molar-refractivity contribution in [3.63, 3.8) is 0 Å². The second kappa shape index (κ2) is 12.1. The minimum Gasteiger partial charge on any atom is -0.493 e. The molecule has 0 aliphatic rings. The maximum atomic E-state index is 13.5. The molecule has 0 aliphatic heterocycles. The zero-order chi connectivity index (χ0) is 29.2. The van der Waals surface area contributed by atoms with Crippen LogP contribution in [0.25, 0.3) is 10.9 Å². The number of halogens is 3. The molecule has 4 aromatic rings. The van der Waals surface area contributed by atoms with Gasteiger partial charge in [-0.1, -0.05) is 66.5 Å². The zero-order valence-corrected chi connectivity index (χ0v) is 26.4. The van der Waals surface area contributed by atoms with Gasteiger partial charge in [-0.2, -0.15) is 9.78 Å². The molecule has 0 radical (unpaired) electrons. The Morgan fingerprint density at radius 2 is 1.90 bits per heavy atom. The number of amides is 1. The molecule has 4 rings (SSSR count). The number of ether oxygens (including phenoxy) is 2. The van der Waals surface area contributed by atoms with Crippen LogP contribution in [0.3, 0.4) is 0 Å². The van der Waals surface area contributed by atoms with Gasteiger partial charge in [-0.25, -0.2) is 4.98 Å². The highest BCUT2D eigenvalue weighted by atomic mass is 79.9. The number of fused-ring (bicyclic) bond motifs is 1. The van der Waals surface area contributed by atoms with Crippen molar-refractivity contribution in [2.75, 3.05) is 19.0 Å². The summed E-state index contributed by atoms with van der Waals surface area (Å²) in [5.74, 6) is 0.635. The number of carbonyl (C=O) groups excluding carboxylic acids is 1. The third kappa shape index (κ3) is 6.40. The molecule has 1 N–H and O–H groups in total. The van der Waals surface area contributed by atoms with E-state index in [1.807, 2.05) is 58.0 Å². The van der Waals surface area contributed by atoms with Crippen LogP contribution in [0, 0.1) is 6.92 Å². The highest BCUT2D eigenvalue weighted by Crippen LogP contribution is 2.42. The van der Waals surface area contributed by atoms with Gasteiger partial charge in [0.15, 0.2) is 18.1 Å². The van der Waals surface area contributed by atoms with Crippen molar-refractivity contribution in [2.24, 2.45) is 5.10 Å². The van der Waals surface area contributed by atoms with E-state index in [4.69, 9.17) is 26.1 Å². The number of nitrogens with zero attached hydrogens (tertiary/aromatic N) is 3. The predicted octanol–water partition coefficient (Wildman–Crippen LogP) is 7.09. The number of benzene rings is 3.